The maximum Gasteiger partial charge on any atom is 0.222 e. The summed E-state index contributed by atoms with van der Waals surface area (Å²) in [6.45, 7) is 10.5. The Morgan fingerprint density at radius 1 is 1.22 bits per heavy atom. The van der Waals surface area contributed by atoms with Crippen LogP contribution in [0.2, 0.25) is 0 Å². The minimum Gasteiger partial charge on any atom is -0.455 e. The molecule has 1 amide bonds. The second-order valence-electron chi connectivity index (χ2n) is 9.87. The Balaban J connectivity index is 1.34. The predicted octanol–water partition coefficient (Wildman–Crippen LogP) is 5.11. The molecule has 1 fully saturated rings. The summed E-state index contributed by atoms with van der Waals surface area (Å²) in [6, 6.07) is 7.37. The Morgan fingerprint density at radius 3 is 2.83 bits per heavy atom. The molecule has 2 N–H and O–H groups in total. The van der Waals surface area contributed by atoms with Crippen molar-refractivity contribution in [2.45, 2.75) is 46.1 Å². The van der Waals surface area contributed by atoms with E-state index < -0.39 is 0 Å². The van der Waals surface area contributed by atoms with Gasteiger partial charge in [-0.3, -0.25) is 9.48 Å². The number of carbonyl (C=O) groups excluding carboxylic acids is 1. The number of hydrogen-bond acceptors (Lipinski definition) is 9. The molecule has 4 aromatic rings. The van der Waals surface area contributed by atoms with Crippen molar-refractivity contribution in [1.29, 1.82) is 0 Å². The van der Waals surface area contributed by atoms with E-state index in [1.54, 1.807) is 24.5 Å². The van der Waals surface area contributed by atoms with Crippen molar-refractivity contribution in [1.82, 2.24) is 24.7 Å². The molecule has 0 aromatic carbocycles. The van der Waals surface area contributed by atoms with E-state index >= 15 is 0 Å². The molecule has 0 saturated carbocycles. The number of aromatic nitrogens is 5. The van der Waals surface area contributed by atoms with Crippen molar-refractivity contribution < 1.29 is 14.3 Å². The van der Waals surface area contributed by atoms with E-state index in [2.05, 4.69) is 57.1 Å². The highest BCUT2D eigenvalue weighted by Crippen LogP contribution is 2.33. The third-order valence-corrected chi connectivity index (χ3v) is 6.64. The van der Waals surface area contributed by atoms with Crippen LogP contribution in [0.1, 0.15) is 39.8 Å². The average Bonchev–Trinajstić information content (AvgIpc) is 3.53. The van der Waals surface area contributed by atoms with Crippen LogP contribution in [0.15, 0.2) is 36.7 Å². The van der Waals surface area contributed by atoms with Crippen LogP contribution in [0.25, 0.3) is 10.3 Å². The van der Waals surface area contributed by atoms with E-state index in [0.29, 0.717) is 34.0 Å². The van der Waals surface area contributed by atoms with Crippen LogP contribution in [0.3, 0.4) is 0 Å². The van der Waals surface area contributed by atoms with Gasteiger partial charge in [0.2, 0.25) is 5.91 Å². The first-order valence-electron chi connectivity index (χ1n) is 11.8. The number of nitrogens with zero attached hydrogens (tertiary/aromatic N) is 5. The summed E-state index contributed by atoms with van der Waals surface area (Å²) in [6.07, 6.45) is 4.26. The Bertz CT molecular complexity index is 1390. The van der Waals surface area contributed by atoms with Gasteiger partial charge in [0.05, 0.1) is 17.5 Å². The van der Waals surface area contributed by atoms with Crippen LogP contribution >= 0.6 is 11.3 Å². The molecule has 36 heavy (non-hydrogen) atoms. The molecule has 0 bridgehead atoms. The lowest BCUT2D eigenvalue weighted by Crippen LogP contribution is -2.21. The molecule has 11 heteroatoms. The molecule has 188 valence electrons. The standard InChI is InChI=1S/C25H29N7O3S/c1-15(33)28-21-10-17(5-7-26-21)35-18-9-19-23(27-12-18)30-24(36-19)29-22-11-20(25(2,3)4)32(31-22)13-16-6-8-34-14-16/h5,7,9-12,16H,6,8,13-14H2,1-4H3,(H,26,28,33)(H,27,29,30,31)/t16-/m0/s1. The number of ether oxygens (including phenoxy) is 2. The predicted molar refractivity (Wildman–Crippen MR) is 139 cm³/mol. The number of thiazole rings is 1. The highest BCUT2D eigenvalue weighted by molar-refractivity contribution is 7.22. The lowest BCUT2D eigenvalue weighted by Gasteiger charge is -2.21. The summed E-state index contributed by atoms with van der Waals surface area (Å²) < 4.78 is 14.5. The number of nitrogens with one attached hydrogen (secondary N) is 2. The fourth-order valence-electron chi connectivity index (χ4n) is 4.07. The lowest BCUT2D eigenvalue weighted by molar-refractivity contribution is -0.114. The third kappa shape index (κ3) is 5.63. The van der Waals surface area contributed by atoms with Crippen molar-refractivity contribution in [3.05, 3.63) is 42.4 Å². The van der Waals surface area contributed by atoms with Crippen LogP contribution in [-0.2, 0) is 21.5 Å². The Kier molecular flexibility index (Phi) is 6.59. The summed E-state index contributed by atoms with van der Waals surface area (Å²) >= 11 is 1.48. The molecule has 0 unspecified atom stereocenters. The number of carbonyl (C=O) groups is 1. The quantitative estimate of drug-likeness (QED) is 0.354. The van der Waals surface area contributed by atoms with Gasteiger partial charge in [-0.15, -0.1) is 0 Å². The molecule has 0 radical (unpaired) electrons. The Labute approximate surface area is 213 Å². The van der Waals surface area contributed by atoms with Gasteiger partial charge in [0.15, 0.2) is 16.6 Å². The Morgan fingerprint density at radius 2 is 2.08 bits per heavy atom. The molecule has 5 heterocycles. The van der Waals surface area contributed by atoms with Gasteiger partial charge in [-0.1, -0.05) is 32.1 Å². The van der Waals surface area contributed by atoms with Crippen molar-refractivity contribution >= 4 is 44.4 Å². The van der Waals surface area contributed by atoms with E-state index in [4.69, 9.17) is 14.6 Å². The van der Waals surface area contributed by atoms with Crippen molar-refractivity contribution in [3.8, 4) is 11.5 Å². The first-order valence-corrected chi connectivity index (χ1v) is 12.7. The second-order valence-corrected chi connectivity index (χ2v) is 10.9. The van der Waals surface area contributed by atoms with E-state index in [0.717, 1.165) is 36.7 Å². The number of rotatable bonds is 7. The smallest absolute Gasteiger partial charge is 0.222 e. The minimum atomic E-state index is -0.195. The number of fused-ring (bicyclic) bond motifs is 1. The molecule has 0 spiro atoms. The molecule has 10 nitrogen and oxygen atoms in total. The van der Waals surface area contributed by atoms with Crippen LogP contribution in [-0.4, -0.2) is 43.9 Å². The van der Waals surface area contributed by atoms with Gasteiger partial charge in [-0.05, 0) is 12.5 Å². The highest BCUT2D eigenvalue weighted by Gasteiger charge is 2.25. The van der Waals surface area contributed by atoms with E-state index in [1.807, 2.05) is 6.07 Å². The molecule has 4 aromatic heterocycles. The van der Waals surface area contributed by atoms with E-state index in [9.17, 15) is 4.79 Å². The van der Waals surface area contributed by atoms with Crippen LogP contribution in [0, 0.1) is 5.92 Å². The largest absolute Gasteiger partial charge is 0.455 e. The fraction of sp³-hybridized carbons (Fsp3) is 0.400. The van der Waals surface area contributed by atoms with E-state index in [1.165, 1.54) is 24.0 Å². The highest BCUT2D eigenvalue weighted by atomic mass is 32.1. The lowest BCUT2D eigenvalue weighted by atomic mass is 9.92. The van der Waals surface area contributed by atoms with Crippen molar-refractivity contribution in [2.24, 2.45) is 5.92 Å². The molecule has 1 aliphatic heterocycles. The zero-order valence-corrected chi connectivity index (χ0v) is 21.6. The van der Waals surface area contributed by atoms with Crippen LogP contribution in [0.4, 0.5) is 16.8 Å². The summed E-state index contributed by atoms with van der Waals surface area (Å²) in [5.74, 6) is 2.59. The molecule has 1 saturated heterocycles. The van der Waals surface area contributed by atoms with Gasteiger partial charge in [-0.2, -0.15) is 10.1 Å². The average molecular weight is 508 g/mol. The topological polar surface area (TPSA) is 116 Å². The monoisotopic (exact) mass is 507 g/mol. The number of amides is 1. The van der Waals surface area contributed by atoms with Crippen molar-refractivity contribution in [2.75, 3.05) is 23.8 Å². The molecule has 0 aliphatic carbocycles. The number of pyridine rings is 2. The van der Waals surface area contributed by atoms with Gasteiger partial charge in [0, 0.05) is 61.5 Å². The zero-order chi connectivity index (χ0) is 25.3. The Hall–Kier alpha value is -3.57. The zero-order valence-electron chi connectivity index (χ0n) is 20.7. The van der Waals surface area contributed by atoms with Gasteiger partial charge >= 0.3 is 0 Å². The maximum absolute atomic E-state index is 11.3. The second kappa shape index (κ2) is 9.82. The van der Waals surface area contributed by atoms with Gasteiger partial charge in [0.25, 0.3) is 0 Å². The number of anilines is 3. The van der Waals surface area contributed by atoms with Gasteiger partial charge < -0.3 is 20.1 Å². The van der Waals surface area contributed by atoms with Crippen LogP contribution < -0.4 is 15.4 Å². The summed E-state index contributed by atoms with van der Waals surface area (Å²) in [4.78, 5) is 24.5. The van der Waals surface area contributed by atoms with Gasteiger partial charge in [0.1, 0.15) is 17.3 Å². The summed E-state index contributed by atoms with van der Waals surface area (Å²) in [5, 5.41) is 11.6. The number of hydrogen-bond donors (Lipinski definition) is 2. The normalized spacial score (nSPS) is 15.8. The van der Waals surface area contributed by atoms with E-state index in [-0.39, 0.29) is 11.3 Å². The molecule has 1 atom stereocenters. The first-order chi connectivity index (χ1) is 17.2. The molecule has 5 rings (SSSR count). The third-order valence-electron chi connectivity index (χ3n) is 5.73. The summed E-state index contributed by atoms with van der Waals surface area (Å²) in [5.41, 5.74) is 1.76. The summed E-state index contributed by atoms with van der Waals surface area (Å²) in [7, 11) is 0. The maximum atomic E-state index is 11.3. The molecule has 1 aliphatic rings. The fourth-order valence-corrected chi connectivity index (χ4v) is 4.93. The van der Waals surface area contributed by atoms with Crippen LogP contribution in [0.5, 0.6) is 11.5 Å². The SMILES string of the molecule is CC(=O)Nc1cc(Oc2cnc3nc(Nc4cc(C(C)(C)C)n(C[C@@H]5CCOC5)n4)sc3c2)ccn1. The molecular weight excluding hydrogens is 478 g/mol. The molecular formula is C25H29N7O3S. The minimum absolute atomic E-state index is 0.0411. The van der Waals surface area contributed by atoms with Gasteiger partial charge in [-0.25, -0.2) is 9.97 Å². The van der Waals surface area contributed by atoms with Crippen molar-refractivity contribution in [3.63, 3.8) is 0 Å². The first kappa shape index (κ1) is 24.1.